The predicted molar refractivity (Wildman–Crippen MR) is 78.7 cm³/mol. The summed E-state index contributed by atoms with van der Waals surface area (Å²) in [5.74, 6) is -0.818. The van der Waals surface area contributed by atoms with Crippen LogP contribution in [0.1, 0.15) is 54.0 Å². The summed E-state index contributed by atoms with van der Waals surface area (Å²) in [6.07, 6.45) is 0.635. The van der Waals surface area contributed by atoms with Crippen molar-refractivity contribution >= 4 is 5.97 Å². The van der Waals surface area contributed by atoms with Crippen molar-refractivity contribution in [3.63, 3.8) is 0 Å². The van der Waals surface area contributed by atoms with Gasteiger partial charge in [0.25, 0.3) is 0 Å². The van der Waals surface area contributed by atoms with E-state index in [-0.39, 0.29) is 5.92 Å². The highest BCUT2D eigenvalue weighted by molar-refractivity contribution is 5.90. The van der Waals surface area contributed by atoms with Crippen LogP contribution in [-0.4, -0.2) is 20.9 Å². The van der Waals surface area contributed by atoms with Gasteiger partial charge in [-0.1, -0.05) is 39.0 Å². The first-order valence-corrected chi connectivity index (χ1v) is 6.88. The monoisotopic (exact) mass is 272 g/mol. The SMILES string of the molecule is CCc1c(C(=O)O)c(C(C)C)nn1-c1ccccc1C. The largest absolute Gasteiger partial charge is 0.478 e. The lowest BCUT2D eigenvalue weighted by atomic mass is 10.0. The van der Waals surface area contributed by atoms with Gasteiger partial charge in [0.15, 0.2) is 0 Å². The molecule has 0 amide bonds. The molecule has 0 spiro atoms. The zero-order valence-electron chi connectivity index (χ0n) is 12.3. The van der Waals surface area contributed by atoms with Gasteiger partial charge in [-0.3, -0.25) is 0 Å². The minimum atomic E-state index is -0.898. The highest BCUT2D eigenvalue weighted by atomic mass is 16.4. The zero-order valence-corrected chi connectivity index (χ0v) is 12.3. The Labute approximate surface area is 119 Å². The predicted octanol–water partition coefficient (Wildman–Crippen LogP) is 3.56. The number of carbonyl (C=O) groups is 1. The number of aromatic nitrogens is 2. The van der Waals surface area contributed by atoms with Crippen LogP contribution in [0.15, 0.2) is 24.3 Å². The van der Waals surface area contributed by atoms with Gasteiger partial charge in [-0.2, -0.15) is 5.10 Å². The molecule has 0 saturated heterocycles. The molecule has 4 nitrogen and oxygen atoms in total. The van der Waals surface area contributed by atoms with Crippen molar-refractivity contribution in [3.8, 4) is 5.69 Å². The molecule has 1 heterocycles. The highest BCUT2D eigenvalue weighted by Gasteiger charge is 2.24. The molecule has 1 aromatic heterocycles. The van der Waals surface area contributed by atoms with Gasteiger partial charge in [0.05, 0.1) is 17.1 Å². The van der Waals surface area contributed by atoms with Crippen LogP contribution in [0.3, 0.4) is 0 Å². The maximum absolute atomic E-state index is 11.6. The van der Waals surface area contributed by atoms with E-state index < -0.39 is 5.97 Å². The van der Waals surface area contributed by atoms with E-state index in [0.717, 1.165) is 16.9 Å². The van der Waals surface area contributed by atoms with Gasteiger partial charge in [0.1, 0.15) is 5.56 Å². The Balaban J connectivity index is 2.75. The van der Waals surface area contributed by atoms with E-state index in [2.05, 4.69) is 5.10 Å². The molecule has 2 aromatic rings. The van der Waals surface area contributed by atoms with Crippen molar-refractivity contribution in [3.05, 3.63) is 46.8 Å². The molecular formula is C16H20N2O2. The molecule has 2 rings (SSSR count). The van der Waals surface area contributed by atoms with E-state index in [1.165, 1.54) is 0 Å². The Hall–Kier alpha value is -2.10. The lowest BCUT2D eigenvalue weighted by molar-refractivity contribution is 0.0694. The molecule has 0 aliphatic carbocycles. The number of aromatic carboxylic acids is 1. The van der Waals surface area contributed by atoms with Crippen LogP contribution in [0.25, 0.3) is 5.69 Å². The van der Waals surface area contributed by atoms with Crippen LogP contribution >= 0.6 is 0 Å². The number of rotatable bonds is 4. The van der Waals surface area contributed by atoms with Crippen LogP contribution in [-0.2, 0) is 6.42 Å². The molecule has 0 radical (unpaired) electrons. The molecule has 0 saturated carbocycles. The Kier molecular flexibility index (Phi) is 3.93. The fourth-order valence-corrected chi connectivity index (χ4v) is 2.44. The van der Waals surface area contributed by atoms with Gasteiger partial charge in [0.2, 0.25) is 0 Å². The van der Waals surface area contributed by atoms with Gasteiger partial charge in [0, 0.05) is 0 Å². The zero-order chi connectivity index (χ0) is 14.9. The minimum absolute atomic E-state index is 0.0802. The number of benzene rings is 1. The maximum Gasteiger partial charge on any atom is 0.339 e. The molecule has 0 fully saturated rings. The normalized spacial score (nSPS) is 11.1. The standard InChI is InChI=1S/C16H20N2O2/c1-5-12-14(16(19)20)15(10(2)3)17-18(12)13-9-7-6-8-11(13)4/h6-10H,5H2,1-4H3,(H,19,20). The van der Waals surface area contributed by atoms with Crippen molar-refractivity contribution in [2.45, 2.75) is 40.0 Å². The lowest BCUT2D eigenvalue weighted by Crippen LogP contribution is -2.07. The molecule has 0 aliphatic rings. The Morgan fingerprint density at radius 3 is 2.50 bits per heavy atom. The molecule has 20 heavy (non-hydrogen) atoms. The Morgan fingerprint density at radius 1 is 1.35 bits per heavy atom. The van der Waals surface area contributed by atoms with Crippen molar-refractivity contribution < 1.29 is 9.90 Å². The van der Waals surface area contributed by atoms with Gasteiger partial charge in [-0.05, 0) is 30.9 Å². The van der Waals surface area contributed by atoms with Crippen molar-refractivity contribution in [1.82, 2.24) is 9.78 Å². The Bertz CT molecular complexity index is 642. The highest BCUT2D eigenvalue weighted by Crippen LogP contribution is 2.26. The van der Waals surface area contributed by atoms with E-state index in [0.29, 0.717) is 17.7 Å². The van der Waals surface area contributed by atoms with Gasteiger partial charge < -0.3 is 5.11 Å². The summed E-state index contributed by atoms with van der Waals surface area (Å²) >= 11 is 0. The van der Waals surface area contributed by atoms with E-state index in [1.807, 2.05) is 52.0 Å². The summed E-state index contributed by atoms with van der Waals surface area (Å²) in [6.45, 7) is 7.90. The molecular weight excluding hydrogens is 252 g/mol. The lowest BCUT2D eigenvalue weighted by Gasteiger charge is -2.09. The first kappa shape index (κ1) is 14.3. The third-order valence-electron chi connectivity index (χ3n) is 3.45. The van der Waals surface area contributed by atoms with E-state index >= 15 is 0 Å². The summed E-state index contributed by atoms with van der Waals surface area (Å²) in [5.41, 5.74) is 3.79. The van der Waals surface area contributed by atoms with Gasteiger partial charge >= 0.3 is 5.97 Å². The maximum atomic E-state index is 11.6. The second kappa shape index (κ2) is 5.49. The van der Waals surface area contributed by atoms with Gasteiger partial charge in [-0.25, -0.2) is 9.48 Å². The van der Waals surface area contributed by atoms with E-state index in [1.54, 1.807) is 4.68 Å². The topological polar surface area (TPSA) is 55.1 Å². The minimum Gasteiger partial charge on any atom is -0.478 e. The van der Waals surface area contributed by atoms with Crippen LogP contribution in [0.2, 0.25) is 0 Å². The summed E-state index contributed by atoms with van der Waals surface area (Å²) in [5, 5.41) is 14.1. The van der Waals surface area contributed by atoms with Crippen LogP contribution in [0.5, 0.6) is 0 Å². The second-order valence-corrected chi connectivity index (χ2v) is 5.22. The van der Waals surface area contributed by atoms with E-state index in [4.69, 9.17) is 0 Å². The molecule has 4 heteroatoms. The number of hydrogen-bond acceptors (Lipinski definition) is 2. The molecule has 0 atom stereocenters. The first-order valence-electron chi connectivity index (χ1n) is 6.88. The number of para-hydroxylation sites is 1. The van der Waals surface area contributed by atoms with Crippen molar-refractivity contribution in [1.29, 1.82) is 0 Å². The molecule has 1 aromatic carbocycles. The number of hydrogen-bond donors (Lipinski definition) is 1. The first-order chi connectivity index (χ1) is 9.47. The van der Waals surface area contributed by atoms with Crippen molar-refractivity contribution in [2.75, 3.05) is 0 Å². The smallest absolute Gasteiger partial charge is 0.339 e. The summed E-state index contributed by atoms with van der Waals surface area (Å²) in [6, 6.07) is 7.89. The summed E-state index contributed by atoms with van der Waals surface area (Å²) < 4.78 is 1.79. The quantitative estimate of drug-likeness (QED) is 0.925. The molecule has 106 valence electrons. The van der Waals surface area contributed by atoms with Crippen LogP contribution in [0, 0.1) is 6.92 Å². The number of nitrogens with zero attached hydrogens (tertiary/aromatic N) is 2. The van der Waals surface area contributed by atoms with Crippen LogP contribution < -0.4 is 0 Å². The average Bonchev–Trinajstić information content (AvgIpc) is 2.78. The molecule has 0 unspecified atom stereocenters. The molecule has 0 bridgehead atoms. The fraction of sp³-hybridized carbons (Fsp3) is 0.375. The average molecular weight is 272 g/mol. The number of carboxylic acid groups (broad SMARTS) is 1. The van der Waals surface area contributed by atoms with Gasteiger partial charge in [-0.15, -0.1) is 0 Å². The number of aryl methyl sites for hydroxylation is 1. The number of carboxylic acids is 1. The summed E-state index contributed by atoms with van der Waals surface area (Å²) in [7, 11) is 0. The van der Waals surface area contributed by atoms with Crippen molar-refractivity contribution in [2.24, 2.45) is 0 Å². The van der Waals surface area contributed by atoms with Crippen LogP contribution in [0.4, 0.5) is 0 Å². The third kappa shape index (κ3) is 2.33. The Morgan fingerprint density at radius 2 is 2.00 bits per heavy atom. The third-order valence-corrected chi connectivity index (χ3v) is 3.45. The molecule has 1 N–H and O–H groups in total. The molecule has 0 aliphatic heterocycles. The second-order valence-electron chi connectivity index (χ2n) is 5.22. The fourth-order valence-electron chi connectivity index (χ4n) is 2.44. The van der Waals surface area contributed by atoms with E-state index in [9.17, 15) is 9.90 Å². The summed E-state index contributed by atoms with van der Waals surface area (Å²) in [4.78, 5) is 11.6.